The number of carbonyl (C=O) groups excluding carboxylic acids is 2. The molecule has 6 nitrogen and oxygen atoms in total. The van der Waals surface area contributed by atoms with Crippen LogP contribution in [0.2, 0.25) is 0 Å². The Hall–Kier alpha value is -1.92. The van der Waals surface area contributed by atoms with Gasteiger partial charge in [0.05, 0.1) is 24.3 Å². The Bertz CT molecular complexity index is 764. The van der Waals surface area contributed by atoms with Crippen molar-refractivity contribution in [3.63, 3.8) is 0 Å². The van der Waals surface area contributed by atoms with Gasteiger partial charge in [-0.05, 0) is 65.0 Å². The third-order valence-electron chi connectivity index (χ3n) is 8.49. The van der Waals surface area contributed by atoms with Crippen LogP contribution in [0, 0.1) is 0 Å². The van der Waals surface area contributed by atoms with Crippen molar-refractivity contribution in [2.45, 2.75) is 142 Å². The first-order valence-electron chi connectivity index (χ1n) is 18.3. The van der Waals surface area contributed by atoms with Crippen molar-refractivity contribution < 1.29 is 19.1 Å². The average molecular weight is 617 g/mol. The van der Waals surface area contributed by atoms with E-state index in [1.807, 2.05) is 0 Å². The lowest BCUT2D eigenvalue weighted by atomic mass is 10.1. The molecule has 0 radical (unpaired) electrons. The second-order valence-corrected chi connectivity index (χ2v) is 12.8. The molecule has 0 aromatic heterocycles. The predicted octanol–water partition coefficient (Wildman–Crippen LogP) is 9.71. The summed E-state index contributed by atoms with van der Waals surface area (Å²) in [5.74, 6) is -0.917. The summed E-state index contributed by atoms with van der Waals surface area (Å²) in [5.41, 5.74) is 0.561. The molecule has 0 saturated carbocycles. The van der Waals surface area contributed by atoms with Gasteiger partial charge < -0.3 is 19.3 Å². The van der Waals surface area contributed by atoms with E-state index in [-0.39, 0.29) is 11.1 Å². The maximum absolute atomic E-state index is 12.8. The molecule has 0 atom stereocenters. The number of carbonyl (C=O) groups is 2. The summed E-state index contributed by atoms with van der Waals surface area (Å²) in [6, 6.07) is 6.81. The first-order valence-corrected chi connectivity index (χ1v) is 18.3. The highest BCUT2D eigenvalue weighted by Gasteiger charge is 2.19. The lowest BCUT2D eigenvalue weighted by Gasteiger charge is -2.17. The van der Waals surface area contributed by atoms with Gasteiger partial charge in [-0.3, -0.25) is 0 Å². The minimum Gasteiger partial charge on any atom is -0.462 e. The summed E-state index contributed by atoms with van der Waals surface area (Å²) in [6.45, 7) is 9.15. The van der Waals surface area contributed by atoms with Gasteiger partial charge in [0, 0.05) is 13.1 Å². The zero-order chi connectivity index (χ0) is 32.1. The second-order valence-electron chi connectivity index (χ2n) is 12.8. The van der Waals surface area contributed by atoms with Gasteiger partial charge in [0.2, 0.25) is 0 Å². The van der Waals surface area contributed by atoms with E-state index in [1.54, 1.807) is 24.3 Å². The van der Waals surface area contributed by atoms with Crippen molar-refractivity contribution in [3.8, 4) is 0 Å². The van der Waals surface area contributed by atoms with E-state index >= 15 is 0 Å². The van der Waals surface area contributed by atoms with Gasteiger partial charge in [0.25, 0.3) is 0 Å². The van der Waals surface area contributed by atoms with Crippen LogP contribution in [-0.4, -0.2) is 75.2 Å². The van der Waals surface area contributed by atoms with Crippen molar-refractivity contribution >= 4 is 11.9 Å². The molecule has 254 valence electrons. The molecule has 0 N–H and O–H groups in total. The van der Waals surface area contributed by atoms with E-state index < -0.39 is 11.9 Å². The SMILES string of the molecule is CCCCCCCCCCCN(C)CCCOC(=O)c1ccccc1C(=O)OCCCN(C)CCCCCCCCCCC. The maximum Gasteiger partial charge on any atom is 0.339 e. The fourth-order valence-electron chi connectivity index (χ4n) is 5.60. The molecule has 0 aliphatic heterocycles. The van der Waals surface area contributed by atoms with Crippen LogP contribution in [0.1, 0.15) is 163 Å². The van der Waals surface area contributed by atoms with E-state index in [0.29, 0.717) is 13.2 Å². The van der Waals surface area contributed by atoms with Crippen LogP contribution in [0.3, 0.4) is 0 Å². The van der Waals surface area contributed by atoms with Gasteiger partial charge in [-0.25, -0.2) is 9.59 Å². The molecule has 44 heavy (non-hydrogen) atoms. The lowest BCUT2D eigenvalue weighted by molar-refractivity contribution is 0.0444. The van der Waals surface area contributed by atoms with Crippen LogP contribution in [0.4, 0.5) is 0 Å². The van der Waals surface area contributed by atoms with E-state index in [9.17, 15) is 9.59 Å². The Labute approximate surface area is 271 Å². The van der Waals surface area contributed by atoms with Crippen molar-refractivity contribution in [3.05, 3.63) is 35.4 Å². The van der Waals surface area contributed by atoms with Crippen molar-refractivity contribution in [1.29, 1.82) is 0 Å². The molecule has 1 aromatic carbocycles. The van der Waals surface area contributed by atoms with E-state index in [1.165, 1.54) is 116 Å². The third kappa shape index (κ3) is 21.7. The number of ether oxygens (including phenoxy) is 2. The number of nitrogens with zero attached hydrogens (tertiary/aromatic N) is 2. The normalized spacial score (nSPS) is 11.4. The Morgan fingerprint density at radius 2 is 0.773 bits per heavy atom. The number of hydrogen-bond donors (Lipinski definition) is 0. The van der Waals surface area contributed by atoms with Crippen molar-refractivity contribution in [2.24, 2.45) is 0 Å². The second kappa shape index (κ2) is 28.5. The molecular weight excluding hydrogens is 548 g/mol. The van der Waals surface area contributed by atoms with E-state index in [4.69, 9.17) is 9.47 Å². The molecule has 0 spiro atoms. The molecule has 0 fully saturated rings. The topological polar surface area (TPSA) is 59.1 Å². The van der Waals surface area contributed by atoms with Crippen LogP contribution in [-0.2, 0) is 9.47 Å². The molecule has 0 bridgehead atoms. The number of rotatable bonds is 30. The van der Waals surface area contributed by atoms with E-state index in [2.05, 4.69) is 37.7 Å². The Kier molecular flexibility index (Phi) is 26.0. The van der Waals surface area contributed by atoms with Gasteiger partial charge in [-0.1, -0.05) is 129 Å². The minimum atomic E-state index is -0.458. The Morgan fingerprint density at radius 3 is 1.11 bits per heavy atom. The highest BCUT2D eigenvalue weighted by molar-refractivity contribution is 6.03. The number of esters is 2. The average Bonchev–Trinajstić information content (AvgIpc) is 3.03. The molecule has 0 saturated heterocycles. The zero-order valence-corrected chi connectivity index (χ0v) is 29.2. The highest BCUT2D eigenvalue weighted by atomic mass is 16.5. The summed E-state index contributed by atoms with van der Waals surface area (Å²) >= 11 is 0. The smallest absolute Gasteiger partial charge is 0.339 e. The maximum atomic E-state index is 12.8. The molecule has 6 heteroatoms. The molecule has 0 amide bonds. The van der Waals surface area contributed by atoms with Crippen LogP contribution < -0.4 is 0 Å². The molecule has 0 unspecified atom stereocenters. The van der Waals surface area contributed by atoms with Crippen molar-refractivity contribution in [1.82, 2.24) is 9.80 Å². The predicted molar refractivity (Wildman–Crippen MR) is 186 cm³/mol. The quantitative estimate of drug-likeness (QED) is 0.0633. The summed E-state index contributed by atoms with van der Waals surface area (Å²) in [5, 5.41) is 0. The van der Waals surface area contributed by atoms with Crippen LogP contribution >= 0.6 is 0 Å². The first kappa shape index (κ1) is 40.1. The van der Waals surface area contributed by atoms with Crippen LogP contribution in [0.15, 0.2) is 24.3 Å². The molecule has 1 rings (SSSR count). The standard InChI is InChI=1S/C38H68N2O4/c1-5-7-9-11-13-15-17-19-23-29-39(3)31-25-33-43-37(41)35-27-21-22-28-36(35)38(42)44-34-26-32-40(4)30-24-20-18-16-14-12-10-8-6-2/h21-22,27-28H,5-20,23-26,29-34H2,1-4H3. The zero-order valence-electron chi connectivity index (χ0n) is 29.2. The molecule has 0 aliphatic rings. The van der Waals surface area contributed by atoms with E-state index in [0.717, 1.165) is 39.0 Å². The third-order valence-corrected chi connectivity index (χ3v) is 8.49. The largest absolute Gasteiger partial charge is 0.462 e. The summed E-state index contributed by atoms with van der Waals surface area (Å²) < 4.78 is 11.1. The molecule has 0 aliphatic carbocycles. The summed E-state index contributed by atoms with van der Waals surface area (Å²) in [4.78, 5) is 30.2. The Morgan fingerprint density at radius 1 is 0.477 bits per heavy atom. The van der Waals surface area contributed by atoms with Crippen LogP contribution in [0.5, 0.6) is 0 Å². The van der Waals surface area contributed by atoms with Crippen LogP contribution in [0.25, 0.3) is 0 Å². The first-order chi connectivity index (χ1) is 21.5. The van der Waals surface area contributed by atoms with Gasteiger partial charge in [-0.2, -0.15) is 0 Å². The number of unbranched alkanes of at least 4 members (excludes halogenated alkanes) is 16. The van der Waals surface area contributed by atoms with Gasteiger partial charge in [-0.15, -0.1) is 0 Å². The Balaban J connectivity index is 2.17. The molecule has 0 heterocycles. The fraction of sp³-hybridized carbons (Fsp3) is 0.789. The number of hydrogen-bond acceptors (Lipinski definition) is 6. The number of benzene rings is 1. The van der Waals surface area contributed by atoms with Gasteiger partial charge >= 0.3 is 11.9 Å². The molecular formula is C38H68N2O4. The van der Waals surface area contributed by atoms with Gasteiger partial charge in [0.1, 0.15) is 0 Å². The molecule has 1 aromatic rings. The highest BCUT2D eigenvalue weighted by Crippen LogP contribution is 2.14. The van der Waals surface area contributed by atoms with Gasteiger partial charge in [0.15, 0.2) is 0 Å². The minimum absolute atomic E-state index is 0.281. The summed E-state index contributed by atoms with van der Waals surface area (Å²) in [6.07, 6.45) is 25.6. The monoisotopic (exact) mass is 617 g/mol. The summed E-state index contributed by atoms with van der Waals surface area (Å²) in [7, 11) is 4.26. The lowest BCUT2D eigenvalue weighted by Crippen LogP contribution is -2.23. The fourth-order valence-corrected chi connectivity index (χ4v) is 5.60. The van der Waals surface area contributed by atoms with Crippen molar-refractivity contribution in [2.75, 3.05) is 53.5 Å².